The number of nitrogens with one attached hydrogen (secondary N) is 2. The monoisotopic (exact) mass is 371 g/mol. The fourth-order valence-electron chi connectivity index (χ4n) is 2.54. The summed E-state index contributed by atoms with van der Waals surface area (Å²) in [7, 11) is -0.957. The molecule has 0 radical (unpaired) electrons. The SMILES string of the molecule is CNS(=O)(=O)c1ccc(OC)c(C(=O)Nc2ccnc3ccccc23)c1. The molecule has 0 fully saturated rings. The van der Waals surface area contributed by atoms with E-state index < -0.39 is 15.9 Å². The lowest BCUT2D eigenvalue weighted by atomic mass is 10.1. The molecule has 2 aromatic carbocycles. The minimum Gasteiger partial charge on any atom is -0.496 e. The van der Waals surface area contributed by atoms with E-state index in [4.69, 9.17) is 4.74 Å². The van der Waals surface area contributed by atoms with E-state index in [9.17, 15) is 13.2 Å². The quantitative estimate of drug-likeness (QED) is 0.718. The molecular formula is C18H17N3O4S. The number of amides is 1. The maximum Gasteiger partial charge on any atom is 0.259 e. The number of carbonyl (C=O) groups is 1. The average Bonchev–Trinajstić information content (AvgIpc) is 2.67. The first-order valence-corrected chi connectivity index (χ1v) is 9.21. The van der Waals surface area contributed by atoms with Crippen molar-refractivity contribution in [3.63, 3.8) is 0 Å². The summed E-state index contributed by atoms with van der Waals surface area (Å²) in [5.41, 5.74) is 1.43. The fourth-order valence-corrected chi connectivity index (χ4v) is 3.30. The topological polar surface area (TPSA) is 97.4 Å². The standard InChI is InChI=1S/C18H17N3O4S/c1-19-26(23,24)12-7-8-17(25-2)14(11-12)18(22)21-16-9-10-20-15-6-4-3-5-13(15)16/h3-11,19H,1-2H3,(H,20,21,22). The highest BCUT2D eigenvalue weighted by Gasteiger charge is 2.19. The van der Waals surface area contributed by atoms with Gasteiger partial charge in [0.2, 0.25) is 10.0 Å². The minimum atomic E-state index is -3.68. The van der Waals surface area contributed by atoms with Gasteiger partial charge in [-0.2, -0.15) is 0 Å². The molecule has 2 N–H and O–H groups in total. The largest absolute Gasteiger partial charge is 0.496 e. The van der Waals surface area contributed by atoms with Gasteiger partial charge >= 0.3 is 0 Å². The van der Waals surface area contributed by atoms with Crippen molar-refractivity contribution in [3.8, 4) is 5.75 Å². The number of aromatic nitrogens is 1. The Labute approximate surface area is 151 Å². The zero-order valence-corrected chi connectivity index (χ0v) is 15.0. The molecule has 3 rings (SSSR count). The van der Waals surface area contributed by atoms with Crippen LogP contribution in [0.5, 0.6) is 5.75 Å². The number of ether oxygens (including phenoxy) is 1. The number of sulfonamides is 1. The summed E-state index contributed by atoms with van der Waals surface area (Å²) in [6, 6.07) is 13.2. The molecule has 0 aliphatic carbocycles. The number of fused-ring (bicyclic) bond motifs is 1. The first-order valence-electron chi connectivity index (χ1n) is 7.73. The number of methoxy groups -OCH3 is 1. The number of hydrogen-bond acceptors (Lipinski definition) is 5. The summed E-state index contributed by atoms with van der Waals surface area (Å²) in [4.78, 5) is 17.0. The van der Waals surface area contributed by atoms with E-state index in [0.717, 1.165) is 10.9 Å². The molecule has 1 heterocycles. The molecule has 0 aliphatic rings. The second kappa shape index (κ2) is 7.11. The van der Waals surface area contributed by atoms with Crippen molar-refractivity contribution in [3.05, 3.63) is 60.3 Å². The van der Waals surface area contributed by atoms with E-state index in [1.807, 2.05) is 24.3 Å². The fraction of sp³-hybridized carbons (Fsp3) is 0.111. The van der Waals surface area contributed by atoms with Gasteiger partial charge < -0.3 is 10.1 Å². The Morgan fingerprint density at radius 2 is 1.88 bits per heavy atom. The van der Waals surface area contributed by atoms with Gasteiger partial charge in [-0.25, -0.2) is 13.1 Å². The van der Waals surface area contributed by atoms with Crippen molar-refractivity contribution < 1.29 is 17.9 Å². The summed E-state index contributed by atoms with van der Waals surface area (Å²) in [6.07, 6.45) is 1.59. The average molecular weight is 371 g/mol. The van der Waals surface area contributed by atoms with Gasteiger partial charge in [0, 0.05) is 11.6 Å². The minimum absolute atomic E-state index is 0.0227. The Morgan fingerprint density at radius 1 is 1.12 bits per heavy atom. The lowest BCUT2D eigenvalue weighted by molar-refractivity contribution is 0.102. The molecule has 1 aromatic heterocycles. The highest BCUT2D eigenvalue weighted by atomic mass is 32.2. The molecule has 0 aliphatic heterocycles. The molecule has 3 aromatic rings. The molecule has 0 bridgehead atoms. The zero-order valence-electron chi connectivity index (χ0n) is 14.2. The van der Waals surface area contributed by atoms with Crippen LogP contribution in [0.4, 0.5) is 5.69 Å². The third-order valence-corrected chi connectivity index (χ3v) is 5.30. The summed E-state index contributed by atoms with van der Waals surface area (Å²) in [5, 5.41) is 3.58. The van der Waals surface area contributed by atoms with Gasteiger partial charge in [-0.1, -0.05) is 18.2 Å². The van der Waals surface area contributed by atoms with Gasteiger partial charge in [0.25, 0.3) is 5.91 Å². The Morgan fingerprint density at radius 3 is 2.62 bits per heavy atom. The van der Waals surface area contributed by atoms with E-state index in [-0.39, 0.29) is 16.2 Å². The Hall–Kier alpha value is -2.97. The summed E-state index contributed by atoms with van der Waals surface area (Å²) >= 11 is 0. The zero-order chi connectivity index (χ0) is 18.7. The lowest BCUT2D eigenvalue weighted by Gasteiger charge is -2.12. The maximum atomic E-state index is 12.8. The third kappa shape index (κ3) is 3.37. The van der Waals surface area contributed by atoms with Crippen molar-refractivity contribution in [2.45, 2.75) is 4.90 Å². The van der Waals surface area contributed by atoms with E-state index in [1.165, 1.54) is 32.4 Å². The molecule has 7 nitrogen and oxygen atoms in total. The van der Waals surface area contributed by atoms with Crippen LogP contribution in [0, 0.1) is 0 Å². The molecule has 0 saturated carbocycles. The number of anilines is 1. The van der Waals surface area contributed by atoms with Gasteiger partial charge in [-0.3, -0.25) is 9.78 Å². The molecule has 134 valence electrons. The van der Waals surface area contributed by atoms with Crippen LogP contribution in [-0.4, -0.2) is 33.5 Å². The summed E-state index contributed by atoms with van der Waals surface area (Å²) in [6.45, 7) is 0. The lowest BCUT2D eigenvalue weighted by Crippen LogP contribution is -2.20. The predicted octanol–water partition coefficient (Wildman–Crippen LogP) is 2.40. The smallest absolute Gasteiger partial charge is 0.259 e. The van der Waals surface area contributed by atoms with Crippen LogP contribution >= 0.6 is 0 Å². The van der Waals surface area contributed by atoms with Crippen LogP contribution in [0.25, 0.3) is 10.9 Å². The third-order valence-electron chi connectivity index (χ3n) is 3.89. The van der Waals surface area contributed by atoms with Crippen LogP contribution in [0.1, 0.15) is 10.4 Å². The first-order chi connectivity index (χ1) is 12.5. The van der Waals surface area contributed by atoms with Crippen LogP contribution < -0.4 is 14.8 Å². The van der Waals surface area contributed by atoms with Crippen molar-refractivity contribution in [2.75, 3.05) is 19.5 Å². The van der Waals surface area contributed by atoms with Crippen LogP contribution in [-0.2, 0) is 10.0 Å². The number of para-hydroxylation sites is 1. The van der Waals surface area contributed by atoms with Crippen molar-refractivity contribution in [1.29, 1.82) is 0 Å². The van der Waals surface area contributed by atoms with Gasteiger partial charge in [-0.15, -0.1) is 0 Å². The summed E-state index contributed by atoms with van der Waals surface area (Å²) < 4.78 is 31.5. The molecule has 1 amide bonds. The first kappa shape index (κ1) is 17.8. The van der Waals surface area contributed by atoms with Crippen molar-refractivity contribution in [2.24, 2.45) is 0 Å². The summed E-state index contributed by atoms with van der Waals surface area (Å²) in [5.74, 6) is -0.206. The van der Waals surface area contributed by atoms with Crippen LogP contribution in [0.3, 0.4) is 0 Å². The second-order valence-corrected chi connectivity index (χ2v) is 7.29. The highest BCUT2D eigenvalue weighted by molar-refractivity contribution is 7.89. The molecule has 26 heavy (non-hydrogen) atoms. The Balaban J connectivity index is 2.02. The molecule has 8 heteroatoms. The number of benzene rings is 2. The molecule has 0 spiro atoms. The second-order valence-electron chi connectivity index (χ2n) is 5.40. The highest BCUT2D eigenvalue weighted by Crippen LogP contribution is 2.26. The molecule has 0 atom stereocenters. The van der Waals surface area contributed by atoms with Gasteiger partial charge in [-0.05, 0) is 37.4 Å². The Bertz CT molecular complexity index is 1080. The molecular weight excluding hydrogens is 354 g/mol. The Kier molecular flexibility index (Phi) is 4.88. The van der Waals surface area contributed by atoms with E-state index in [0.29, 0.717) is 5.69 Å². The number of nitrogens with zero attached hydrogens (tertiary/aromatic N) is 1. The van der Waals surface area contributed by atoms with E-state index >= 15 is 0 Å². The van der Waals surface area contributed by atoms with E-state index in [2.05, 4.69) is 15.0 Å². The number of pyridine rings is 1. The number of carbonyl (C=O) groups excluding carboxylic acids is 1. The van der Waals surface area contributed by atoms with Crippen molar-refractivity contribution >= 4 is 32.5 Å². The van der Waals surface area contributed by atoms with Crippen molar-refractivity contribution in [1.82, 2.24) is 9.71 Å². The number of rotatable bonds is 5. The number of hydrogen-bond donors (Lipinski definition) is 2. The molecule has 0 unspecified atom stereocenters. The van der Waals surface area contributed by atoms with Crippen LogP contribution in [0.2, 0.25) is 0 Å². The van der Waals surface area contributed by atoms with Gasteiger partial charge in [0.05, 0.1) is 28.8 Å². The van der Waals surface area contributed by atoms with Gasteiger partial charge in [0.15, 0.2) is 0 Å². The van der Waals surface area contributed by atoms with E-state index in [1.54, 1.807) is 12.3 Å². The maximum absolute atomic E-state index is 12.8. The normalized spacial score (nSPS) is 11.3. The van der Waals surface area contributed by atoms with Gasteiger partial charge in [0.1, 0.15) is 5.75 Å². The molecule has 0 saturated heterocycles. The van der Waals surface area contributed by atoms with Crippen LogP contribution in [0.15, 0.2) is 59.6 Å². The predicted molar refractivity (Wildman–Crippen MR) is 98.9 cm³/mol.